The smallest absolute Gasteiger partial charge is 0.258 e. The van der Waals surface area contributed by atoms with E-state index in [1.807, 2.05) is 0 Å². The van der Waals surface area contributed by atoms with E-state index < -0.39 is 4.92 Å². The first-order chi connectivity index (χ1) is 5.30. The third-order valence-corrected chi connectivity index (χ3v) is 0.967. The van der Waals surface area contributed by atoms with Crippen molar-refractivity contribution in [3.63, 3.8) is 0 Å². The predicted octanol–water partition coefficient (Wildman–Crippen LogP) is 2.90. The minimum atomic E-state index is -0.417. The van der Waals surface area contributed by atoms with E-state index in [0.29, 0.717) is 23.2 Å². The third kappa shape index (κ3) is 3.87. The van der Waals surface area contributed by atoms with Crippen LogP contribution in [-0.2, 0) is 0 Å². The van der Waals surface area contributed by atoms with Gasteiger partial charge < -0.3 is 0 Å². The van der Waals surface area contributed by atoms with Crippen LogP contribution in [-0.4, -0.2) is 4.92 Å². The lowest BCUT2D eigenvalue weighted by atomic mass is 10.3. The molecule has 0 heterocycles. The SMILES string of the molecule is FI.O=[N+]([O-])c1ccccc1. The van der Waals surface area contributed by atoms with Gasteiger partial charge in [0.15, 0.2) is 23.2 Å². The van der Waals surface area contributed by atoms with Gasteiger partial charge in [-0.15, -0.1) is 0 Å². The molecule has 1 rings (SSSR count). The van der Waals surface area contributed by atoms with Crippen molar-refractivity contribution < 1.29 is 7.78 Å². The highest BCUT2D eigenvalue weighted by Gasteiger charge is 1.98. The standard InChI is InChI=1S/C6H5NO2.FI/c8-7(9)6-4-2-1-3-5-6;1-2/h1-5H;. The summed E-state index contributed by atoms with van der Waals surface area (Å²) in [6, 6.07) is 7.93. The van der Waals surface area contributed by atoms with E-state index in [-0.39, 0.29) is 5.69 Å². The zero-order valence-electron chi connectivity index (χ0n) is 5.41. The van der Waals surface area contributed by atoms with Gasteiger partial charge in [0.1, 0.15) is 0 Å². The van der Waals surface area contributed by atoms with Gasteiger partial charge in [0.2, 0.25) is 0 Å². The van der Waals surface area contributed by atoms with E-state index in [9.17, 15) is 13.0 Å². The second kappa shape index (κ2) is 6.02. The molecule has 0 saturated heterocycles. The van der Waals surface area contributed by atoms with Gasteiger partial charge in [0, 0.05) is 12.1 Å². The zero-order chi connectivity index (χ0) is 8.69. The van der Waals surface area contributed by atoms with Gasteiger partial charge in [-0.1, -0.05) is 18.2 Å². The van der Waals surface area contributed by atoms with Crippen molar-refractivity contribution in [2.75, 3.05) is 0 Å². The molecule has 0 aliphatic rings. The van der Waals surface area contributed by atoms with Crippen LogP contribution in [0.3, 0.4) is 0 Å². The normalized spacial score (nSPS) is 7.82. The molecule has 0 amide bonds. The summed E-state index contributed by atoms with van der Waals surface area (Å²) in [5.41, 5.74) is 0.137. The van der Waals surface area contributed by atoms with Crippen LogP contribution in [0.1, 0.15) is 0 Å². The molecule has 1 aromatic rings. The summed E-state index contributed by atoms with van der Waals surface area (Å²) in [5, 5.41) is 10.0. The van der Waals surface area contributed by atoms with Crippen LogP contribution in [0.4, 0.5) is 8.55 Å². The highest BCUT2D eigenvalue weighted by atomic mass is 127. The first-order valence-electron chi connectivity index (χ1n) is 2.64. The van der Waals surface area contributed by atoms with Crippen molar-refractivity contribution in [2.24, 2.45) is 0 Å². The Morgan fingerprint density at radius 2 is 1.73 bits per heavy atom. The average Bonchev–Trinajstić information content (AvgIpc) is 2.10. The lowest BCUT2D eigenvalue weighted by Gasteiger charge is -1.85. The number of nitro benzene ring substituents is 1. The molecule has 3 nitrogen and oxygen atoms in total. The van der Waals surface area contributed by atoms with Crippen LogP contribution >= 0.6 is 23.2 Å². The fourth-order valence-corrected chi connectivity index (χ4v) is 0.550. The molecule has 0 unspecified atom stereocenters. The summed E-state index contributed by atoms with van der Waals surface area (Å²) in [6.45, 7) is 0. The van der Waals surface area contributed by atoms with E-state index in [4.69, 9.17) is 0 Å². The van der Waals surface area contributed by atoms with Crippen molar-refractivity contribution in [2.45, 2.75) is 0 Å². The minimum Gasteiger partial charge on any atom is -0.258 e. The fourth-order valence-electron chi connectivity index (χ4n) is 0.550. The molecule has 60 valence electrons. The monoisotopic (exact) mass is 269 g/mol. The zero-order valence-corrected chi connectivity index (χ0v) is 7.56. The number of nitrogens with zero attached hydrogens (tertiary/aromatic N) is 1. The van der Waals surface area contributed by atoms with E-state index in [2.05, 4.69) is 0 Å². The Bertz CT molecular complexity index is 217. The Labute approximate surface area is 77.3 Å². The van der Waals surface area contributed by atoms with Crippen molar-refractivity contribution in [3.8, 4) is 0 Å². The lowest BCUT2D eigenvalue weighted by Crippen LogP contribution is -1.84. The molecule has 0 N–H and O–H groups in total. The summed E-state index contributed by atoms with van der Waals surface area (Å²) in [6.07, 6.45) is 0. The maximum absolute atomic E-state index is 10.0. The predicted molar refractivity (Wildman–Crippen MR) is 48.2 cm³/mol. The highest BCUT2D eigenvalue weighted by molar-refractivity contribution is 14.1. The first-order valence-corrected chi connectivity index (χ1v) is 3.46. The Morgan fingerprint density at radius 1 is 1.27 bits per heavy atom. The Hall–Kier alpha value is -0.720. The molecule has 1 aromatic carbocycles. The van der Waals surface area contributed by atoms with Crippen molar-refractivity contribution >= 4 is 28.9 Å². The largest absolute Gasteiger partial charge is 0.269 e. The van der Waals surface area contributed by atoms with Crippen LogP contribution in [0.25, 0.3) is 0 Å². The molecule has 0 atom stereocenters. The summed E-state index contributed by atoms with van der Waals surface area (Å²) < 4.78 is 9.47. The van der Waals surface area contributed by atoms with Crippen LogP contribution < -0.4 is 0 Å². The van der Waals surface area contributed by atoms with Gasteiger partial charge in [-0.3, -0.25) is 10.1 Å². The van der Waals surface area contributed by atoms with Crippen molar-refractivity contribution in [1.29, 1.82) is 0 Å². The molecule has 0 bridgehead atoms. The average molecular weight is 269 g/mol. The molecular formula is C6H5FINO2. The van der Waals surface area contributed by atoms with E-state index in [1.54, 1.807) is 18.2 Å². The van der Waals surface area contributed by atoms with Gasteiger partial charge in [0.25, 0.3) is 5.69 Å². The Balaban J connectivity index is 0.000000461. The third-order valence-electron chi connectivity index (χ3n) is 0.967. The summed E-state index contributed by atoms with van der Waals surface area (Å²) in [4.78, 5) is 9.59. The first kappa shape index (κ1) is 10.3. The number of para-hydroxylation sites is 1. The van der Waals surface area contributed by atoms with Crippen LogP contribution in [0.15, 0.2) is 30.3 Å². The maximum atomic E-state index is 10.0. The van der Waals surface area contributed by atoms with Crippen LogP contribution in [0, 0.1) is 10.1 Å². The molecule has 5 heteroatoms. The molecule has 11 heavy (non-hydrogen) atoms. The Kier molecular flexibility index (Phi) is 5.63. The molecule has 0 radical (unpaired) electrons. The molecule has 0 aliphatic carbocycles. The van der Waals surface area contributed by atoms with Crippen molar-refractivity contribution in [3.05, 3.63) is 40.4 Å². The quantitative estimate of drug-likeness (QED) is 0.447. The van der Waals surface area contributed by atoms with Crippen LogP contribution in [0.2, 0.25) is 0 Å². The lowest BCUT2D eigenvalue weighted by molar-refractivity contribution is -0.384. The number of hydrogen-bond donors (Lipinski definition) is 0. The van der Waals surface area contributed by atoms with Gasteiger partial charge >= 0.3 is 0 Å². The number of non-ortho nitro benzene ring substituents is 1. The van der Waals surface area contributed by atoms with Gasteiger partial charge in [0.05, 0.1) is 4.92 Å². The molecular weight excluding hydrogens is 264 g/mol. The highest BCUT2D eigenvalue weighted by Crippen LogP contribution is 2.06. The summed E-state index contributed by atoms with van der Waals surface area (Å²) in [5.74, 6) is 0. The number of halogens is 2. The number of rotatable bonds is 1. The number of hydrogen-bond acceptors (Lipinski definition) is 2. The Morgan fingerprint density at radius 3 is 2.00 bits per heavy atom. The molecule has 0 saturated carbocycles. The number of benzene rings is 1. The van der Waals surface area contributed by atoms with E-state index in [0.717, 1.165) is 0 Å². The molecule has 0 aromatic heterocycles. The molecule has 0 aliphatic heterocycles. The molecule has 0 fully saturated rings. The van der Waals surface area contributed by atoms with Crippen molar-refractivity contribution in [1.82, 2.24) is 0 Å². The summed E-state index contributed by atoms with van der Waals surface area (Å²) >= 11 is 0.650. The van der Waals surface area contributed by atoms with Gasteiger partial charge in [-0.25, -0.2) is 0 Å². The second-order valence-corrected chi connectivity index (χ2v) is 1.59. The molecule has 0 spiro atoms. The van der Waals surface area contributed by atoms with Gasteiger partial charge in [-0.05, 0) is 0 Å². The fraction of sp³-hybridized carbons (Fsp3) is 0. The second-order valence-electron chi connectivity index (χ2n) is 1.59. The van der Waals surface area contributed by atoms with Gasteiger partial charge in [-0.2, -0.15) is 2.86 Å². The number of nitro groups is 1. The topological polar surface area (TPSA) is 43.1 Å². The van der Waals surface area contributed by atoms with E-state index >= 15 is 0 Å². The van der Waals surface area contributed by atoms with E-state index in [1.165, 1.54) is 12.1 Å². The minimum absolute atomic E-state index is 0.137. The maximum Gasteiger partial charge on any atom is 0.269 e. The van der Waals surface area contributed by atoms with Crippen LogP contribution in [0.5, 0.6) is 0 Å². The summed E-state index contributed by atoms with van der Waals surface area (Å²) in [7, 11) is 0.